The molecule has 0 N–H and O–H groups in total. The third kappa shape index (κ3) is 5.87. The van der Waals surface area contributed by atoms with E-state index in [0.717, 1.165) is 13.0 Å². The highest BCUT2D eigenvalue weighted by atomic mass is 16.1. The van der Waals surface area contributed by atoms with Crippen molar-refractivity contribution in [2.75, 3.05) is 27.2 Å². The van der Waals surface area contributed by atoms with Crippen molar-refractivity contribution in [1.82, 2.24) is 9.80 Å². The molecule has 0 spiro atoms. The predicted octanol–water partition coefficient (Wildman–Crippen LogP) is 2.72. The van der Waals surface area contributed by atoms with Gasteiger partial charge < -0.3 is 4.90 Å². The van der Waals surface area contributed by atoms with E-state index in [1.54, 1.807) is 6.08 Å². The smallest absolute Gasteiger partial charge is 0.155 e. The number of nitrogens with zero attached hydrogens (tertiary/aromatic N) is 2. The van der Waals surface area contributed by atoms with Crippen LogP contribution in [-0.4, -0.2) is 54.3 Å². The summed E-state index contributed by atoms with van der Waals surface area (Å²) in [4.78, 5) is 16.4. The van der Waals surface area contributed by atoms with Gasteiger partial charge in [-0.25, -0.2) is 0 Å². The number of likely N-dealkylation sites (tertiary alicyclic amines) is 1. The molecule has 1 unspecified atom stereocenters. The Bertz CT molecular complexity index is 315. The largest absolute Gasteiger partial charge is 0.306 e. The van der Waals surface area contributed by atoms with E-state index in [1.165, 1.54) is 19.4 Å². The molecule has 1 aliphatic rings. The van der Waals surface area contributed by atoms with Crippen molar-refractivity contribution < 1.29 is 4.79 Å². The molecule has 0 aromatic rings. The molecule has 0 bridgehead atoms. The Hall–Kier alpha value is -0.670. The van der Waals surface area contributed by atoms with E-state index in [-0.39, 0.29) is 11.3 Å². The van der Waals surface area contributed by atoms with Crippen LogP contribution in [0.4, 0.5) is 0 Å². The van der Waals surface area contributed by atoms with Gasteiger partial charge in [0.05, 0.1) is 0 Å². The second-order valence-electron chi connectivity index (χ2n) is 6.83. The first-order valence-corrected chi connectivity index (χ1v) is 7.41. The van der Waals surface area contributed by atoms with Crippen molar-refractivity contribution in [3.05, 3.63) is 12.2 Å². The van der Waals surface area contributed by atoms with E-state index in [9.17, 15) is 4.79 Å². The van der Waals surface area contributed by atoms with Crippen molar-refractivity contribution in [2.45, 2.75) is 58.0 Å². The SMILES string of the molecule is CN(C)C/C=C/C(=O)CCC1CCCN1C(C)(C)C. The van der Waals surface area contributed by atoms with Crippen molar-refractivity contribution >= 4 is 5.78 Å². The van der Waals surface area contributed by atoms with E-state index >= 15 is 0 Å². The normalized spacial score (nSPS) is 21.7. The first kappa shape index (κ1) is 16.4. The Labute approximate surface area is 118 Å². The van der Waals surface area contributed by atoms with Crippen LogP contribution in [-0.2, 0) is 4.79 Å². The van der Waals surface area contributed by atoms with E-state index in [4.69, 9.17) is 0 Å². The summed E-state index contributed by atoms with van der Waals surface area (Å²) in [5, 5.41) is 0. The summed E-state index contributed by atoms with van der Waals surface area (Å²) < 4.78 is 0. The third-order valence-electron chi connectivity index (χ3n) is 3.74. The minimum absolute atomic E-state index is 0.227. The molecule has 0 saturated carbocycles. The lowest BCUT2D eigenvalue weighted by molar-refractivity contribution is -0.115. The van der Waals surface area contributed by atoms with Gasteiger partial charge in [0.15, 0.2) is 5.78 Å². The zero-order chi connectivity index (χ0) is 14.5. The van der Waals surface area contributed by atoms with E-state index in [2.05, 4.69) is 30.6 Å². The Morgan fingerprint density at radius 3 is 2.63 bits per heavy atom. The summed E-state index contributed by atoms with van der Waals surface area (Å²) in [5.74, 6) is 0.266. The molecule has 3 nitrogen and oxygen atoms in total. The molecule has 0 aromatic carbocycles. The molecule has 1 fully saturated rings. The number of rotatable bonds is 6. The lowest BCUT2D eigenvalue weighted by Crippen LogP contribution is -2.44. The molecule has 3 heteroatoms. The number of hydrogen-bond acceptors (Lipinski definition) is 3. The van der Waals surface area contributed by atoms with Crippen LogP contribution in [0, 0.1) is 0 Å². The van der Waals surface area contributed by atoms with Crippen molar-refractivity contribution in [3.8, 4) is 0 Å². The monoisotopic (exact) mass is 266 g/mol. The number of carbonyl (C=O) groups excluding carboxylic acids is 1. The number of allylic oxidation sites excluding steroid dienone is 1. The molecule has 19 heavy (non-hydrogen) atoms. The van der Waals surface area contributed by atoms with Crippen LogP contribution in [0.1, 0.15) is 46.5 Å². The second-order valence-corrected chi connectivity index (χ2v) is 6.83. The van der Waals surface area contributed by atoms with Gasteiger partial charge in [0.25, 0.3) is 0 Å². The van der Waals surface area contributed by atoms with Crippen LogP contribution in [0.2, 0.25) is 0 Å². The summed E-state index contributed by atoms with van der Waals surface area (Å²) in [7, 11) is 4.02. The molecule has 1 heterocycles. The van der Waals surface area contributed by atoms with Gasteiger partial charge in [0.1, 0.15) is 0 Å². The zero-order valence-electron chi connectivity index (χ0n) is 13.3. The van der Waals surface area contributed by atoms with E-state index in [0.29, 0.717) is 12.5 Å². The van der Waals surface area contributed by atoms with Gasteiger partial charge in [-0.05, 0) is 66.7 Å². The van der Waals surface area contributed by atoms with Gasteiger partial charge in [-0.15, -0.1) is 0 Å². The summed E-state index contributed by atoms with van der Waals surface area (Å²) in [5.41, 5.74) is 0.227. The molecule has 110 valence electrons. The lowest BCUT2D eigenvalue weighted by atomic mass is 10.0. The molecule has 0 aromatic heterocycles. The number of ketones is 1. The Kier molecular flexibility index (Phi) is 6.21. The third-order valence-corrected chi connectivity index (χ3v) is 3.74. The van der Waals surface area contributed by atoms with Crippen LogP contribution in [0.25, 0.3) is 0 Å². The van der Waals surface area contributed by atoms with Crippen LogP contribution < -0.4 is 0 Å². The quantitative estimate of drug-likeness (QED) is 0.691. The van der Waals surface area contributed by atoms with Gasteiger partial charge in [0, 0.05) is 24.5 Å². The molecular formula is C16H30N2O. The molecule has 0 radical (unpaired) electrons. The van der Waals surface area contributed by atoms with Crippen LogP contribution in [0.5, 0.6) is 0 Å². The number of likely N-dealkylation sites (N-methyl/N-ethyl adjacent to an activating group) is 1. The van der Waals surface area contributed by atoms with Gasteiger partial charge >= 0.3 is 0 Å². The second kappa shape index (κ2) is 7.20. The summed E-state index contributed by atoms with van der Waals surface area (Å²) in [6, 6.07) is 0.589. The highest BCUT2D eigenvalue weighted by Crippen LogP contribution is 2.28. The topological polar surface area (TPSA) is 23.6 Å². The lowest BCUT2D eigenvalue weighted by Gasteiger charge is -2.37. The Morgan fingerprint density at radius 2 is 2.05 bits per heavy atom. The first-order valence-electron chi connectivity index (χ1n) is 7.41. The maximum Gasteiger partial charge on any atom is 0.155 e. The first-order chi connectivity index (χ1) is 8.80. The van der Waals surface area contributed by atoms with Crippen molar-refractivity contribution in [1.29, 1.82) is 0 Å². The molecular weight excluding hydrogens is 236 g/mol. The molecule has 1 atom stereocenters. The highest BCUT2D eigenvalue weighted by molar-refractivity contribution is 5.89. The molecule has 0 aliphatic carbocycles. The average Bonchev–Trinajstić information content (AvgIpc) is 2.73. The number of hydrogen-bond donors (Lipinski definition) is 0. The van der Waals surface area contributed by atoms with Gasteiger partial charge in [-0.2, -0.15) is 0 Å². The maximum atomic E-state index is 11.8. The molecule has 1 saturated heterocycles. The number of carbonyl (C=O) groups is 1. The fraction of sp³-hybridized carbons (Fsp3) is 0.812. The highest BCUT2D eigenvalue weighted by Gasteiger charge is 2.32. The van der Waals surface area contributed by atoms with Crippen LogP contribution in [0.15, 0.2) is 12.2 Å². The molecule has 1 aliphatic heterocycles. The fourth-order valence-corrected chi connectivity index (χ4v) is 2.81. The minimum Gasteiger partial charge on any atom is -0.306 e. The standard InChI is InChI=1S/C16H30N2O/c1-16(2,3)18-13-6-8-14(18)10-11-15(19)9-7-12-17(4)5/h7,9,14H,6,8,10-13H2,1-5H3/b9-7+. The Morgan fingerprint density at radius 1 is 1.37 bits per heavy atom. The summed E-state index contributed by atoms with van der Waals surface area (Å²) in [6.45, 7) is 8.82. The minimum atomic E-state index is 0.227. The molecule has 1 rings (SSSR count). The van der Waals surface area contributed by atoms with Crippen molar-refractivity contribution in [3.63, 3.8) is 0 Å². The van der Waals surface area contributed by atoms with Crippen LogP contribution >= 0.6 is 0 Å². The van der Waals surface area contributed by atoms with Crippen LogP contribution in [0.3, 0.4) is 0 Å². The molecule has 0 amide bonds. The predicted molar refractivity (Wildman–Crippen MR) is 81.4 cm³/mol. The zero-order valence-corrected chi connectivity index (χ0v) is 13.3. The van der Waals surface area contributed by atoms with Gasteiger partial charge in [-0.1, -0.05) is 6.08 Å². The van der Waals surface area contributed by atoms with E-state index in [1.807, 2.05) is 20.2 Å². The Balaban J connectivity index is 2.35. The van der Waals surface area contributed by atoms with Gasteiger partial charge in [0.2, 0.25) is 0 Å². The fourth-order valence-electron chi connectivity index (χ4n) is 2.81. The average molecular weight is 266 g/mol. The maximum absolute atomic E-state index is 11.8. The van der Waals surface area contributed by atoms with Crippen molar-refractivity contribution in [2.24, 2.45) is 0 Å². The van der Waals surface area contributed by atoms with E-state index < -0.39 is 0 Å². The van der Waals surface area contributed by atoms with Gasteiger partial charge in [-0.3, -0.25) is 9.69 Å². The summed E-state index contributed by atoms with van der Waals surface area (Å²) >= 11 is 0. The summed E-state index contributed by atoms with van der Waals surface area (Å²) in [6.07, 6.45) is 7.90.